The third kappa shape index (κ3) is 5.32. The van der Waals surface area contributed by atoms with Gasteiger partial charge in [0.05, 0.1) is 6.10 Å². The monoisotopic (exact) mass is 246 g/mol. The van der Waals surface area contributed by atoms with Crippen LogP contribution >= 0.6 is 23.5 Å². The SMILES string of the molecule is CCCC[C@H](O)[C@H](C)C=C1SCCCS1. The van der Waals surface area contributed by atoms with E-state index >= 15 is 0 Å². The predicted molar refractivity (Wildman–Crippen MR) is 72.3 cm³/mol. The number of unbranched alkanes of at least 4 members (excludes halogenated alkanes) is 1. The van der Waals surface area contributed by atoms with Gasteiger partial charge in [-0.2, -0.15) is 0 Å². The molecule has 1 N–H and O–H groups in total. The van der Waals surface area contributed by atoms with Gasteiger partial charge < -0.3 is 5.11 Å². The molecule has 1 nitrogen and oxygen atoms in total. The van der Waals surface area contributed by atoms with E-state index in [4.69, 9.17) is 0 Å². The van der Waals surface area contributed by atoms with E-state index < -0.39 is 0 Å². The first kappa shape index (κ1) is 13.5. The second-order valence-corrected chi connectivity index (χ2v) is 6.64. The Hall–Kier alpha value is 0.400. The Kier molecular flexibility index (Phi) is 6.86. The topological polar surface area (TPSA) is 20.2 Å². The molecule has 0 aromatic rings. The summed E-state index contributed by atoms with van der Waals surface area (Å²) >= 11 is 3.89. The van der Waals surface area contributed by atoms with Crippen molar-refractivity contribution in [2.24, 2.45) is 5.92 Å². The summed E-state index contributed by atoms with van der Waals surface area (Å²) in [5.74, 6) is 2.80. The van der Waals surface area contributed by atoms with Crippen LogP contribution in [0.3, 0.4) is 0 Å². The molecule has 0 aliphatic carbocycles. The van der Waals surface area contributed by atoms with Crippen molar-refractivity contribution in [1.82, 2.24) is 0 Å². The lowest BCUT2D eigenvalue weighted by atomic mass is 10.0. The van der Waals surface area contributed by atoms with Crippen molar-refractivity contribution in [1.29, 1.82) is 0 Å². The van der Waals surface area contributed by atoms with Crippen LogP contribution in [0.4, 0.5) is 0 Å². The summed E-state index contributed by atoms with van der Waals surface area (Å²) in [5.41, 5.74) is 0. The molecule has 1 aliphatic heterocycles. The van der Waals surface area contributed by atoms with Crippen LogP contribution in [0.1, 0.15) is 39.5 Å². The first-order valence-corrected chi connectivity index (χ1v) is 7.86. The number of hydrogen-bond acceptors (Lipinski definition) is 3. The van der Waals surface area contributed by atoms with Crippen LogP contribution in [0.2, 0.25) is 0 Å². The van der Waals surface area contributed by atoms with Crippen LogP contribution in [0.5, 0.6) is 0 Å². The minimum absolute atomic E-state index is 0.152. The van der Waals surface area contributed by atoms with E-state index in [0.717, 1.165) is 12.8 Å². The first-order valence-electron chi connectivity index (χ1n) is 5.89. The molecule has 1 fully saturated rings. The van der Waals surface area contributed by atoms with Gasteiger partial charge in [0.25, 0.3) is 0 Å². The second kappa shape index (κ2) is 7.64. The Morgan fingerprint density at radius 1 is 1.40 bits per heavy atom. The summed E-state index contributed by atoms with van der Waals surface area (Å²) in [4.78, 5) is 0. The second-order valence-electron chi connectivity index (χ2n) is 4.10. The molecule has 0 saturated carbocycles. The lowest BCUT2D eigenvalue weighted by Crippen LogP contribution is -2.15. The smallest absolute Gasteiger partial charge is 0.0600 e. The maximum atomic E-state index is 9.92. The Labute approximate surface area is 102 Å². The summed E-state index contributed by atoms with van der Waals surface area (Å²) in [6, 6.07) is 0. The Morgan fingerprint density at radius 2 is 2.07 bits per heavy atom. The van der Waals surface area contributed by atoms with Crippen molar-refractivity contribution in [2.75, 3.05) is 11.5 Å². The molecule has 0 bridgehead atoms. The fraction of sp³-hybridized carbons (Fsp3) is 0.833. The Balaban J connectivity index is 2.34. The van der Waals surface area contributed by atoms with Crippen LogP contribution in [-0.4, -0.2) is 22.7 Å². The largest absolute Gasteiger partial charge is 0.393 e. The number of aliphatic hydroxyl groups excluding tert-OH is 1. The van der Waals surface area contributed by atoms with E-state index in [1.807, 2.05) is 23.5 Å². The van der Waals surface area contributed by atoms with Crippen LogP contribution in [0, 0.1) is 5.92 Å². The summed E-state index contributed by atoms with van der Waals surface area (Å²) in [6.45, 7) is 4.30. The van der Waals surface area contributed by atoms with Gasteiger partial charge in [0.15, 0.2) is 0 Å². The lowest BCUT2D eigenvalue weighted by molar-refractivity contribution is 0.125. The molecule has 1 aliphatic rings. The molecule has 0 radical (unpaired) electrons. The van der Waals surface area contributed by atoms with Gasteiger partial charge in [-0.15, -0.1) is 23.5 Å². The molecule has 15 heavy (non-hydrogen) atoms. The summed E-state index contributed by atoms with van der Waals surface area (Å²) < 4.78 is 1.42. The highest BCUT2D eigenvalue weighted by atomic mass is 32.2. The molecular formula is C12H22OS2. The minimum Gasteiger partial charge on any atom is -0.393 e. The maximum Gasteiger partial charge on any atom is 0.0600 e. The van der Waals surface area contributed by atoms with Gasteiger partial charge in [0.2, 0.25) is 0 Å². The molecular weight excluding hydrogens is 224 g/mol. The van der Waals surface area contributed by atoms with Gasteiger partial charge in [-0.1, -0.05) is 32.8 Å². The molecule has 1 heterocycles. The van der Waals surface area contributed by atoms with Crippen LogP contribution < -0.4 is 0 Å². The van der Waals surface area contributed by atoms with Crippen LogP contribution in [-0.2, 0) is 0 Å². The number of thioether (sulfide) groups is 2. The molecule has 88 valence electrons. The molecule has 1 saturated heterocycles. The van der Waals surface area contributed by atoms with Crippen molar-refractivity contribution in [3.8, 4) is 0 Å². The molecule has 1 rings (SSSR count). The number of hydrogen-bond donors (Lipinski definition) is 1. The molecule has 0 amide bonds. The lowest BCUT2D eigenvalue weighted by Gasteiger charge is -2.18. The molecule has 0 spiro atoms. The zero-order valence-corrected chi connectivity index (χ0v) is 11.4. The van der Waals surface area contributed by atoms with E-state index in [-0.39, 0.29) is 6.10 Å². The third-order valence-corrected chi connectivity index (χ3v) is 5.17. The van der Waals surface area contributed by atoms with Crippen LogP contribution in [0.25, 0.3) is 0 Å². The van der Waals surface area contributed by atoms with Gasteiger partial charge in [-0.05, 0) is 24.3 Å². The number of aliphatic hydroxyl groups is 1. The minimum atomic E-state index is -0.152. The van der Waals surface area contributed by atoms with Gasteiger partial charge in [0.1, 0.15) is 0 Å². The highest BCUT2D eigenvalue weighted by Gasteiger charge is 2.14. The maximum absolute atomic E-state index is 9.92. The zero-order chi connectivity index (χ0) is 11.1. The third-order valence-electron chi connectivity index (χ3n) is 2.64. The van der Waals surface area contributed by atoms with Gasteiger partial charge in [-0.3, -0.25) is 0 Å². The Bertz CT molecular complexity index is 196. The summed E-state index contributed by atoms with van der Waals surface area (Å²) in [6.07, 6.45) is 6.67. The van der Waals surface area contributed by atoms with Crippen molar-refractivity contribution in [2.45, 2.75) is 45.6 Å². The van der Waals surface area contributed by atoms with Gasteiger partial charge >= 0.3 is 0 Å². The van der Waals surface area contributed by atoms with Crippen molar-refractivity contribution in [3.63, 3.8) is 0 Å². The van der Waals surface area contributed by atoms with Gasteiger partial charge in [-0.25, -0.2) is 0 Å². The standard InChI is InChI=1S/C12H22OS2/c1-3-4-6-11(13)10(2)9-12-14-7-5-8-15-12/h9-11,13H,3-8H2,1-2H3/t10-,11+/m1/s1. The summed E-state index contributed by atoms with van der Waals surface area (Å²) in [5, 5.41) is 9.92. The average molecular weight is 246 g/mol. The van der Waals surface area contributed by atoms with E-state index in [2.05, 4.69) is 19.9 Å². The molecule has 0 aromatic heterocycles. The highest BCUT2D eigenvalue weighted by Crippen LogP contribution is 2.35. The summed E-state index contributed by atoms with van der Waals surface area (Å²) in [7, 11) is 0. The van der Waals surface area contributed by atoms with E-state index in [1.165, 1.54) is 28.6 Å². The predicted octanol–water partition coefficient (Wildman–Crippen LogP) is 3.89. The molecule has 3 heteroatoms. The number of rotatable bonds is 5. The fourth-order valence-corrected chi connectivity index (χ4v) is 4.16. The first-order chi connectivity index (χ1) is 7.24. The van der Waals surface area contributed by atoms with Crippen molar-refractivity contribution < 1.29 is 5.11 Å². The quantitative estimate of drug-likeness (QED) is 0.795. The fourth-order valence-electron chi connectivity index (χ4n) is 1.54. The van der Waals surface area contributed by atoms with Crippen molar-refractivity contribution in [3.05, 3.63) is 10.3 Å². The van der Waals surface area contributed by atoms with Crippen LogP contribution in [0.15, 0.2) is 10.3 Å². The van der Waals surface area contributed by atoms with E-state index in [9.17, 15) is 5.11 Å². The van der Waals surface area contributed by atoms with Gasteiger partial charge in [0, 0.05) is 10.2 Å². The zero-order valence-electron chi connectivity index (χ0n) is 9.74. The normalized spacial score (nSPS) is 21.1. The highest BCUT2D eigenvalue weighted by molar-refractivity contribution is 8.22. The van der Waals surface area contributed by atoms with E-state index in [0.29, 0.717) is 5.92 Å². The molecule has 0 unspecified atom stereocenters. The average Bonchev–Trinajstić information content (AvgIpc) is 2.27. The molecule has 0 aromatic carbocycles. The van der Waals surface area contributed by atoms with E-state index in [1.54, 1.807) is 0 Å². The molecule has 2 atom stereocenters. The Morgan fingerprint density at radius 3 is 2.67 bits per heavy atom. The van der Waals surface area contributed by atoms with Crippen molar-refractivity contribution >= 4 is 23.5 Å².